The number of halogens is 2. The Morgan fingerprint density at radius 3 is 1.60 bits per heavy atom. The van der Waals surface area contributed by atoms with Gasteiger partial charge in [-0.15, -0.1) is 0 Å². The van der Waals surface area contributed by atoms with Crippen molar-refractivity contribution in [2.24, 2.45) is 11.5 Å². The highest BCUT2D eigenvalue weighted by Gasteiger charge is 2.38. The maximum Gasteiger partial charge on any atom is 0.248 e. The lowest BCUT2D eigenvalue weighted by Crippen LogP contribution is -2.53. The smallest absolute Gasteiger partial charge is 0.248 e. The Bertz CT molecular complexity index is 106. The second kappa shape index (κ2) is 2.13. The maximum absolute atomic E-state index is 12.4. The van der Waals surface area contributed by atoms with Crippen LogP contribution < -0.4 is 11.5 Å². The van der Waals surface area contributed by atoms with Crippen molar-refractivity contribution in [3.8, 4) is 0 Å². The molecule has 0 atom stereocenters. The standard InChI is InChI=1S/C6H12F2N2/c7-5(8)1-3-6(9,10)4-2-5/h1-4,9-10H2. The lowest BCUT2D eigenvalue weighted by atomic mass is 9.88. The van der Waals surface area contributed by atoms with Crippen LogP contribution in [0.2, 0.25) is 0 Å². The predicted octanol–water partition coefficient (Wildman–Crippen LogP) is 0.809. The zero-order valence-corrected chi connectivity index (χ0v) is 5.74. The highest BCUT2D eigenvalue weighted by Crippen LogP contribution is 2.34. The van der Waals surface area contributed by atoms with Crippen LogP contribution in [0, 0.1) is 0 Å². The minimum Gasteiger partial charge on any atom is -0.313 e. The molecule has 0 spiro atoms. The molecule has 1 aliphatic rings. The monoisotopic (exact) mass is 150 g/mol. The van der Waals surface area contributed by atoms with Gasteiger partial charge in [-0.1, -0.05) is 0 Å². The van der Waals surface area contributed by atoms with E-state index in [4.69, 9.17) is 11.5 Å². The van der Waals surface area contributed by atoms with E-state index < -0.39 is 11.6 Å². The van der Waals surface area contributed by atoms with Gasteiger partial charge in [-0.05, 0) is 12.8 Å². The summed E-state index contributed by atoms with van der Waals surface area (Å²) in [6, 6.07) is 0. The summed E-state index contributed by atoms with van der Waals surface area (Å²) in [6.45, 7) is 0. The SMILES string of the molecule is NC1(N)CCC(F)(F)CC1. The Morgan fingerprint density at radius 1 is 0.900 bits per heavy atom. The van der Waals surface area contributed by atoms with Crippen molar-refractivity contribution in [1.82, 2.24) is 0 Å². The Labute approximate surface area is 58.6 Å². The largest absolute Gasteiger partial charge is 0.313 e. The van der Waals surface area contributed by atoms with E-state index in [1.54, 1.807) is 0 Å². The molecule has 1 saturated carbocycles. The molecule has 0 heterocycles. The Balaban J connectivity index is 2.46. The normalized spacial score (nSPS) is 30.0. The molecule has 0 aliphatic heterocycles. The Hall–Kier alpha value is -0.220. The molecule has 60 valence electrons. The van der Waals surface area contributed by atoms with Crippen LogP contribution in [0.15, 0.2) is 0 Å². The summed E-state index contributed by atoms with van der Waals surface area (Å²) in [5.74, 6) is -2.53. The van der Waals surface area contributed by atoms with Crippen molar-refractivity contribution in [3.63, 3.8) is 0 Å². The summed E-state index contributed by atoms with van der Waals surface area (Å²) < 4.78 is 24.9. The molecular formula is C6H12F2N2. The molecule has 0 amide bonds. The average Bonchev–Trinajstić information content (AvgIpc) is 1.79. The third-order valence-electron chi connectivity index (χ3n) is 1.91. The first kappa shape index (κ1) is 7.88. The van der Waals surface area contributed by atoms with Gasteiger partial charge in [0.15, 0.2) is 0 Å². The first-order valence-corrected chi connectivity index (χ1v) is 3.37. The van der Waals surface area contributed by atoms with Gasteiger partial charge in [-0.25, -0.2) is 8.78 Å². The molecule has 0 saturated heterocycles. The summed E-state index contributed by atoms with van der Waals surface area (Å²) in [4.78, 5) is 0. The molecule has 0 aromatic heterocycles. The number of hydrogen-bond donors (Lipinski definition) is 2. The summed E-state index contributed by atoms with van der Waals surface area (Å²) in [5, 5.41) is 0. The van der Waals surface area contributed by atoms with Gasteiger partial charge in [-0.3, -0.25) is 0 Å². The van der Waals surface area contributed by atoms with E-state index in [0.717, 1.165) is 0 Å². The van der Waals surface area contributed by atoms with E-state index in [1.165, 1.54) is 0 Å². The molecule has 0 radical (unpaired) electrons. The molecule has 4 N–H and O–H groups in total. The summed E-state index contributed by atoms with van der Waals surface area (Å²) in [5.41, 5.74) is 10.0. The van der Waals surface area contributed by atoms with Crippen molar-refractivity contribution in [2.75, 3.05) is 0 Å². The highest BCUT2D eigenvalue weighted by atomic mass is 19.3. The molecule has 1 fully saturated rings. The lowest BCUT2D eigenvalue weighted by molar-refractivity contribution is -0.0498. The van der Waals surface area contributed by atoms with Crippen LogP contribution >= 0.6 is 0 Å². The van der Waals surface area contributed by atoms with Crippen LogP contribution in [0.5, 0.6) is 0 Å². The number of alkyl halides is 2. The molecule has 4 heteroatoms. The average molecular weight is 150 g/mol. The molecule has 0 bridgehead atoms. The first-order chi connectivity index (χ1) is 4.41. The maximum atomic E-state index is 12.4. The van der Waals surface area contributed by atoms with Gasteiger partial charge in [-0.2, -0.15) is 0 Å². The third-order valence-corrected chi connectivity index (χ3v) is 1.91. The fourth-order valence-corrected chi connectivity index (χ4v) is 1.08. The van der Waals surface area contributed by atoms with Crippen LogP contribution in [-0.2, 0) is 0 Å². The molecule has 1 aliphatic carbocycles. The van der Waals surface area contributed by atoms with Crippen molar-refractivity contribution < 1.29 is 8.78 Å². The van der Waals surface area contributed by atoms with Gasteiger partial charge >= 0.3 is 0 Å². The van der Waals surface area contributed by atoms with Gasteiger partial charge in [0.25, 0.3) is 0 Å². The van der Waals surface area contributed by atoms with E-state index >= 15 is 0 Å². The minimum atomic E-state index is -2.53. The van der Waals surface area contributed by atoms with Crippen LogP contribution in [0.4, 0.5) is 8.78 Å². The second-order valence-corrected chi connectivity index (χ2v) is 3.09. The fourth-order valence-electron chi connectivity index (χ4n) is 1.08. The molecule has 0 aromatic rings. The van der Waals surface area contributed by atoms with Crippen LogP contribution in [0.1, 0.15) is 25.7 Å². The number of rotatable bonds is 0. The van der Waals surface area contributed by atoms with Crippen molar-refractivity contribution in [1.29, 1.82) is 0 Å². The zero-order chi connectivity index (χ0) is 7.83. The Morgan fingerprint density at radius 2 is 1.30 bits per heavy atom. The minimum absolute atomic E-state index is 0.167. The van der Waals surface area contributed by atoms with Gasteiger partial charge in [0.05, 0.1) is 5.66 Å². The molecule has 0 unspecified atom stereocenters. The highest BCUT2D eigenvalue weighted by molar-refractivity contribution is 4.87. The zero-order valence-electron chi connectivity index (χ0n) is 5.74. The van der Waals surface area contributed by atoms with Crippen LogP contribution in [-0.4, -0.2) is 11.6 Å². The van der Waals surface area contributed by atoms with E-state index in [2.05, 4.69) is 0 Å². The van der Waals surface area contributed by atoms with E-state index in [9.17, 15) is 8.78 Å². The summed E-state index contributed by atoms with van der Waals surface area (Å²) in [7, 11) is 0. The summed E-state index contributed by atoms with van der Waals surface area (Å²) in [6.07, 6.45) is 0.111. The van der Waals surface area contributed by atoms with Crippen molar-refractivity contribution in [3.05, 3.63) is 0 Å². The molecule has 0 aromatic carbocycles. The van der Waals surface area contributed by atoms with Crippen LogP contribution in [0.3, 0.4) is 0 Å². The molecule has 10 heavy (non-hydrogen) atoms. The first-order valence-electron chi connectivity index (χ1n) is 3.37. The second-order valence-electron chi connectivity index (χ2n) is 3.09. The quantitative estimate of drug-likeness (QED) is 0.502. The predicted molar refractivity (Wildman–Crippen MR) is 34.5 cm³/mol. The van der Waals surface area contributed by atoms with E-state index in [-0.39, 0.29) is 25.7 Å². The molecular weight excluding hydrogens is 138 g/mol. The van der Waals surface area contributed by atoms with Crippen molar-refractivity contribution >= 4 is 0 Å². The lowest BCUT2D eigenvalue weighted by Gasteiger charge is -2.33. The van der Waals surface area contributed by atoms with E-state index in [0.29, 0.717) is 0 Å². The topological polar surface area (TPSA) is 52.0 Å². The van der Waals surface area contributed by atoms with Gasteiger partial charge in [0.1, 0.15) is 0 Å². The number of nitrogens with two attached hydrogens (primary N) is 2. The molecule has 2 nitrogen and oxygen atoms in total. The van der Waals surface area contributed by atoms with Gasteiger partial charge in [0.2, 0.25) is 5.92 Å². The third kappa shape index (κ3) is 1.88. The Kier molecular flexibility index (Phi) is 1.68. The van der Waals surface area contributed by atoms with Gasteiger partial charge in [0, 0.05) is 12.8 Å². The van der Waals surface area contributed by atoms with Crippen molar-refractivity contribution in [2.45, 2.75) is 37.3 Å². The van der Waals surface area contributed by atoms with E-state index in [1.807, 2.05) is 0 Å². The fraction of sp³-hybridized carbons (Fsp3) is 1.00. The summed E-state index contributed by atoms with van der Waals surface area (Å²) >= 11 is 0. The number of hydrogen-bond acceptors (Lipinski definition) is 2. The van der Waals surface area contributed by atoms with Crippen LogP contribution in [0.25, 0.3) is 0 Å². The van der Waals surface area contributed by atoms with Gasteiger partial charge < -0.3 is 11.5 Å². The molecule has 1 rings (SSSR count).